The van der Waals surface area contributed by atoms with Crippen LogP contribution in [0.4, 0.5) is 0 Å². The van der Waals surface area contributed by atoms with E-state index < -0.39 is 0 Å². The van der Waals surface area contributed by atoms with E-state index in [2.05, 4.69) is 22.6 Å². The Morgan fingerprint density at radius 3 is 2.65 bits per heavy atom. The second-order valence-electron chi connectivity index (χ2n) is 6.15. The van der Waals surface area contributed by atoms with Gasteiger partial charge in [0.25, 0.3) is 0 Å². The highest BCUT2D eigenvalue weighted by atomic mass is 16.5. The maximum atomic E-state index is 11.7. The van der Waals surface area contributed by atoms with Gasteiger partial charge in [-0.05, 0) is 39.2 Å². The molecule has 2 fully saturated rings. The molecular weight excluding hydrogens is 254 g/mol. The summed E-state index contributed by atoms with van der Waals surface area (Å²) in [7, 11) is 3.94. The molecule has 2 saturated heterocycles. The van der Waals surface area contributed by atoms with Gasteiger partial charge in [0, 0.05) is 38.4 Å². The zero-order chi connectivity index (χ0) is 14.4. The molecule has 2 aliphatic heterocycles. The Hall–Kier alpha value is -0.650. The van der Waals surface area contributed by atoms with Gasteiger partial charge in [0.15, 0.2) is 0 Å². The van der Waals surface area contributed by atoms with Gasteiger partial charge in [-0.25, -0.2) is 0 Å². The van der Waals surface area contributed by atoms with E-state index in [1.807, 2.05) is 0 Å². The summed E-state index contributed by atoms with van der Waals surface area (Å²) in [5, 5.41) is 6.37. The highest BCUT2D eigenvalue weighted by Crippen LogP contribution is 2.32. The lowest BCUT2D eigenvalue weighted by Gasteiger charge is -2.47. The Bertz CT molecular complexity index is 297. The van der Waals surface area contributed by atoms with Crippen LogP contribution in [0.2, 0.25) is 0 Å². The molecule has 2 aliphatic rings. The molecule has 2 unspecified atom stereocenters. The highest BCUT2D eigenvalue weighted by Gasteiger charge is 2.35. The number of carbonyl (C=O) groups is 1. The van der Waals surface area contributed by atoms with Crippen LogP contribution in [0.5, 0.6) is 0 Å². The van der Waals surface area contributed by atoms with Gasteiger partial charge >= 0.3 is 0 Å². The zero-order valence-corrected chi connectivity index (χ0v) is 12.9. The largest absolute Gasteiger partial charge is 0.385 e. The van der Waals surface area contributed by atoms with Crippen molar-refractivity contribution in [1.82, 2.24) is 15.5 Å². The third kappa shape index (κ3) is 4.43. The average molecular weight is 283 g/mol. The summed E-state index contributed by atoms with van der Waals surface area (Å²) in [6.07, 6.45) is 7.24. The van der Waals surface area contributed by atoms with Gasteiger partial charge in [0.1, 0.15) is 0 Å². The van der Waals surface area contributed by atoms with E-state index in [-0.39, 0.29) is 5.91 Å². The molecule has 2 rings (SSSR count). The van der Waals surface area contributed by atoms with Crippen LogP contribution >= 0.6 is 0 Å². The first-order valence-electron chi connectivity index (χ1n) is 7.91. The maximum absolute atomic E-state index is 11.7. The molecule has 116 valence electrons. The van der Waals surface area contributed by atoms with E-state index in [0.717, 1.165) is 6.42 Å². The Kier molecular flexibility index (Phi) is 6.26. The van der Waals surface area contributed by atoms with E-state index in [1.165, 1.54) is 32.1 Å². The molecule has 0 aromatic heterocycles. The van der Waals surface area contributed by atoms with Crippen molar-refractivity contribution in [3.8, 4) is 0 Å². The summed E-state index contributed by atoms with van der Waals surface area (Å²) in [5.74, 6) is 0.102. The number of piperidine rings is 2. The number of methoxy groups -OCH3 is 1. The first kappa shape index (κ1) is 15.7. The van der Waals surface area contributed by atoms with E-state index in [1.54, 1.807) is 7.11 Å². The predicted molar refractivity (Wildman–Crippen MR) is 79.7 cm³/mol. The highest BCUT2D eigenvalue weighted by molar-refractivity contribution is 5.77. The number of ether oxygens (including phenoxy) is 1. The summed E-state index contributed by atoms with van der Waals surface area (Å²) in [6, 6.07) is 1.93. The van der Waals surface area contributed by atoms with Crippen molar-refractivity contribution in [1.29, 1.82) is 0 Å². The van der Waals surface area contributed by atoms with E-state index in [0.29, 0.717) is 37.8 Å². The maximum Gasteiger partial charge on any atom is 0.233 e. The summed E-state index contributed by atoms with van der Waals surface area (Å²) < 4.78 is 4.96. The van der Waals surface area contributed by atoms with Gasteiger partial charge in [0.2, 0.25) is 5.91 Å². The molecular formula is C15H29N3O2. The lowest BCUT2D eigenvalue weighted by atomic mass is 9.82. The first-order valence-corrected chi connectivity index (χ1v) is 7.91. The number of nitrogens with one attached hydrogen (secondary N) is 2. The molecule has 0 aliphatic carbocycles. The SMILES string of the molecule is COCCCNC(=O)CNC1CC2CCCC(C1)N2C. The van der Waals surface area contributed by atoms with Crippen LogP contribution in [0.1, 0.15) is 38.5 Å². The van der Waals surface area contributed by atoms with Crippen molar-refractivity contribution in [2.24, 2.45) is 0 Å². The van der Waals surface area contributed by atoms with Crippen LogP contribution in [-0.4, -0.2) is 62.8 Å². The Balaban J connectivity index is 1.63. The minimum absolute atomic E-state index is 0.102. The summed E-state index contributed by atoms with van der Waals surface area (Å²) in [4.78, 5) is 14.3. The molecule has 5 heteroatoms. The van der Waals surface area contributed by atoms with Crippen molar-refractivity contribution in [2.45, 2.75) is 56.7 Å². The summed E-state index contributed by atoms with van der Waals surface area (Å²) >= 11 is 0. The number of rotatable bonds is 7. The van der Waals surface area contributed by atoms with Crippen molar-refractivity contribution < 1.29 is 9.53 Å². The molecule has 5 nitrogen and oxygen atoms in total. The molecule has 2 heterocycles. The number of amides is 1. The topological polar surface area (TPSA) is 53.6 Å². The fourth-order valence-electron chi connectivity index (χ4n) is 3.53. The van der Waals surface area contributed by atoms with Gasteiger partial charge in [-0.1, -0.05) is 6.42 Å². The second-order valence-corrected chi connectivity index (χ2v) is 6.15. The third-order valence-corrected chi connectivity index (χ3v) is 4.74. The molecule has 0 radical (unpaired) electrons. The van der Waals surface area contributed by atoms with Gasteiger partial charge in [-0.3, -0.25) is 4.79 Å². The molecule has 0 aromatic carbocycles. The van der Waals surface area contributed by atoms with Crippen LogP contribution < -0.4 is 10.6 Å². The predicted octanol–water partition coefficient (Wildman–Crippen LogP) is 0.744. The normalized spacial score (nSPS) is 30.2. The third-order valence-electron chi connectivity index (χ3n) is 4.74. The molecule has 0 aromatic rings. The lowest BCUT2D eigenvalue weighted by molar-refractivity contribution is -0.120. The van der Waals surface area contributed by atoms with Gasteiger partial charge in [-0.2, -0.15) is 0 Å². The molecule has 0 spiro atoms. The molecule has 2 atom stereocenters. The van der Waals surface area contributed by atoms with Crippen molar-refractivity contribution in [3.63, 3.8) is 0 Å². The molecule has 20 heavy (non-hydrogen) atoms. The number of fused-ring (bicyclic) bond motifs is 2. The monoisotopic (exact) mass is 283 g/mol. The van der Waals surface area contributed by atoms with Crippen LogP contribution in [0, 0.1) is 0 Å². The molecule has 0 saturated carbocycles. The van der Waals surface area contributed by atoms with E-state index in [9.17, 15) is 4.79 Å². The average Bonchev–Trinajstić information content (AvgIpc) is 2.42. The molecule has 2 N–H and O–H groups in total. The van der Waals surface area contributed by atoms with Crippen molar-refractivity contribution >= 4 is 5.91 Å². The fourth-order valence-corrected chi connectivity index (χ4v) is 3.53. The number of carbonyl (C=O) groups excluding carboxylic acids is 1. The van der Waals surface area contributed by atoms with Gasteiger partial charge < -0.3 is 20.3 Å². The fraction of sp³-hybridized carbons (Fsp3) is 0.933. The summed E-state index contributed by atoms with van der Waals surface area (Å²) in [5.41, 5.74) is 0. The minimum atomic E-state index is 0.102. The van der Waals surface area contributed by atoms with E-state index in [4.69, 9.17) is 4.74 Å². The number of hydrogen-bond donors (Lipinski definition) is 2. The summed E-state index contributed by atoms with van der Waals surface area (Å²) in [6.45, 7) is 1.85. The first-order chi connectivity index (χ1) is 9.70. The van der Waals surface area contributed by atoms with Gasteiger partial charge in [0.05, 0.1) is 6.54 Å². The van der Waals surface area contributed by atoms with Gasteiger partial charge in [-0.15, -0.1) is 0 Å². The van der Waals surface area contributed by atoms with Crippen molar-refractivity contribution in [3.05, 3.63) is 0 Å². The number of hydrogen-bond acceptors (Lipinski definition) is 4. The molecule has 1 amide bonds. The zero-order valence-electron chi connectivity index (χ0n) is 12.9. The van der Waals surface area contributed by atoms with Crippen LogP contribution in [-0.2, 0) is 9.53 Å². The smallest absolute Gasteiger partial charge is 0.233 e. The molecule has 2 bridgehead atoms. The quantitative estimate of drug-likeness (QED) is 0.677. The Morgan fingerprint density at radius 2 is 2.00 bits per heavy atom. The van der Waals surface area contributed by atoms with Crippen LogP contribution in [0.15, 0.2) is 0 Å². The standard InChI is InChI=1S/C15H29N3O2/c1-18-13-5-3-6-14(18)10-12(9-13)17-11-15(19)16-7-4-8-20-2/h12-14,17H,3-11H2,1-2H3,(H,16,19). The van der Waals surface area contributed by atoms with Crippen LogP contribution in [0.25, 0.3) is 0 Å². The van der Waals surface area contributed by atoms with Crippen LogP contribution in [0.3, 0.4) is 0 Å². The lowest BCUT2D eigenvalue weighted by Crippen LogP contribution is -2.55. The second kappa shape index (κ2) is 7.96. The Morgan fingerprint density at radius 1 is 1.30 bits per heavy atom. The Labute approximate surface area is 122 Å². The minimum Gasteiger partial charge on any atom is -0.385 e. The van der Waals surface area contributed by atoms with E-state index >= 15 is 0 Å². The number of nitrogens with zero attached hydrogens (tertiary/aromatic N) is 1. The van der Waals surface area contributed by atoms with Crippen molar-refractivity contribution in [2.75, 3.05) is 33.9 Å².